The summed E-state index contributed by atoms with van der Waals surface area (Å²) in [6.07, 6.45) is 2.81. The second-order valence-corrected chi connectivity index (χ2v) is 4.45. The van der Waals surface area contributed by atoms with E-state index in [1.807, 2.05) is 0 Å². The fraction of sp³-hybridized carbons (Fsp3) is 0.357. The van der Waals surface area contributed by atoms with Crippen molar-refractivity contribution in [1.82, 2.24) is 0 Å². The van der Waals surface area contributed by atoms with Crippen molar-refractivity contribution in [3.63, 3.8) is 0 Å². The summed E-state index contributed by atoms with van der Waals surface area (Å²) in [5.74, 6) is -2.38. The van der Waals surface area contributed by atoms with Crippen LogP contribution in [-0.4, -0.2) is 21.3 Å². The molecule has 3 N–H and O–H groups in total. The van der Waals surface area contributed by atoms with Gasteiger partial charge in [-0.05, 0) is 36.5 Å². The summed E-state index contributed by atoms with van der Waals surface area (Å²) in [5.41, 5.74) is 0.394. The van der Waals surface area contributed by atoms with Gasteiger partial charge in [0.05, 0.1) is 6.10 Å². The molecule has 1 aromatic rings. The number of hydrogen-bond acceptors (Lipinski definition) is 3. The number of allylic oxidation sites excluding steroid dienone is 1. The summed E-state index contributed by atoms with van der Waals surface area (Å²) < 4.78 is 13.2. The highest BCUT2D eigenvalue weighted by Gasteiger charge is 2.17. The number of benzene rings is 1. The minimum Gasteiger partial charge on any atom is -0.505 e. The Balaban J connectivity index is 2.58. The van der Waals surface area contributed by atoms with Crippen molar-refractivity contribution in [3.8, 4) is 5.75 Å². The maximum atomic E-state index is 13.2. The van der Waals surface area contributed by atoms with Crippen LogP contribution in [0.4, 0.5) is 4.39 Å². The summed E-state index contributed by atoms with van der Waals surface area (Å²) in [6, 6.07) is 3.77. The zero-order valence-corrected chi connectivity index (χ0v) is 10.6. The number of halogens is 1. The van der Waals surface area contributed by atoms with Gasteiger partial charge in [0, 0.05) is 6.08 Å². The second-order valence-electron chi connectivity index (χ2n) is 4.45. The number of carboxylic acid groups (broad SMARTS) is 1. The van der Waals surface area contributed by atoms with Crippen molar-refractivity contribution >= 4 is 5.97 Å². The summed E-state index contributed by atoms with van der Waals surface area (Å²) in [4.78, 5) is 10.3. The van der Waals surface area contributed by atoms with Crippen LogP contribution in [0.1, 0.15) is 31.4 Å². The lowest BCUT2D eigenvalue weighted by molar-refractivity contribution is -0.131. The van der Waals surface area contributed by atoms with E-state index in [9.17, 15) is 14.3 Å². The third-order valence-corrected chi connectivity index (χ3v) is 2.90. The van der Waals surface area contributed by atoms with Crippen molar-refractivity contribution in [3.05, 3.63) is 41.7 Å². The molecule has 0 aliphatic carbocycles. The van der Waals surface area contributed by atoms with Crippen LogP contribution in [0.2, 0.25) is 0 Å². The molecule has 0 radical (unpaired) electrons. The summed E-state index contributed by atoms with van der Waals surface area (Å²) in [6.45, 7) is 1.80. The lowest BCUT2D eigenvalue weighted by Crippen LogP contribution is -2.09. The van der Waals surface area contributed by atoms with Gasteiger partial charge in [-0.2, -0.15) is 0 Å². The zero-order valence-electron chi connectivity index (χ0n) is 10.6. The van der Waals surface area contributed by atoms with Gasteiger partial charge in [0.2, 0.25) is 0 Å². The Kier molecular flexibility index (Phi) is 5.51. The van der Waals surface area contributed by atoms with E-state index in [0.717, 1.165) is 12.1 Å². The molecular weight excluding hydrogens is 251 g/mol. The van der Waals surface area contributed by atoms with Crippen LogP contribution in [-0.2, 0) is 4.79 Å². The molecule has 0 saturated carbocycles. The molecule has 0 bridgehead atoms. The van der Waals surface area contributed by atoms with Crippen LogP contribution >= 0.6 is 0 Å². The molecule has 5 heteroatoms. The maximum Gasteiger partial charge on any atom is 0.327 e. The van der Waals surface area contributed by atoms with E-state index in [2.05, 4.69) is 0 Å². The molecule has 0 saturated heterocycles. The first-order valence-corrected chi connectivity index (χ1v) is 5.97. The zero-order chi connectivity index (χ0) is 14.4. The lowest BCUT2D eigenvalue weighted by Gasteiger charge is -2.18. The van der Waals surface area contributed by atoms with E-state index in [1.54, 1.807) is 6.92 Å². The Morgan fingerprint density at radius 3 is 2.74 bits per heavy atom. The van der Waals surface area contributed by atoms with Crippen molar-refractivity contribution in [2.45, 2.75) is 25.9 Å². The number of aliphatic hydroxyl groups is 1. The molecule has 0 aliphatic rings. The summed E-state index contributed by atoms with van der Waals surface area (Å²) >= 11 is 0. The predicted molar refractivity (Wildman–Crippen MR) is 68.2 cm³/mol. The number of hydrogen-bond donors (Lipinski definition) is 3. The molecule has 104 valence electrons. The number of phenolic OH excluding ortho intramolecular Hbond substituents is 1. The molecule has 0 heterocycles. The molecule has 0 amide bonds. The minimum atomic E-state index is -1.01. The minimum absolute atomic E-state index is 0.151. The number of phenols is 1. The molecule has 0 fully saturated rings. The Labute approximate surface area is 110 Å². The molecule has 1 rings (SSSR count). The van der Waals surface area contributed by atoms with E-state index in [1.165, 1.54) is 18.2 Å². The number of carbonyl (C=O) groups is 1. The van der Waals surface area contributed by atoms with Crippen LogP contribution in [0.3, 0.4) is 0 Å². The van der Waals surface area contributed by atoms with Crippen LogP contribution in [0.25, 0.3) is 0 Å². The standard InChI is InChI=1S/C14H17FO4/c1-9(4-2-3-5-13(17)18)14(19)10-6-7-12(16)11(15)8-10/h3,5-9,14,16,19H,2,4H2,1H3,(H,17,18)/b5-3+/t9-,14+/m1/s1. The largest absolute Gasteiger partial charge is 0.505 e. The number of aliphatic hydroxyl groups excluding tert-OH is 1. The first-order valence-electron chi connectivity index (χ1n) is 5.97. The van der Waals surface area contributed by atoms with E-state index in [4.69, 9.17) is 10.2 Å². The quantitative estimate of drug-likeness (QED) is 0.693. The molecule has 0 spiro atoms. The molecular formula is C14H17FO4. The van der Waals surface area contributed by atoms with Gasteiger partial charge in [-0.15, -0.1) is 0 Å². The summed E-state index contributed by atoms with van der Waals surface area (Å²) in [5, 5.41) is 27.5. The highest BCUT2D eigenvalue weighted by atomic mass is 19.1. The molecule has 0 unspecified atom stereocenters. The number of aromatic hydroxyl groups is 1. The number of carboxylic acids is 1. The Hall–Kier alpha value is -1.88. The van der Waals surface area contributed by atoms with Gasteiger partial charge in [-0.25, -0.2) is 9.18 Å². The van der Waals surface area contributed by atoms with Gasteiger partial charge < -0.3 is 15.3 Å². The lowest BCUT2D eigenvalue weighted by atomic mass is 9.93. The molecule has 0 aromatic heterocycles. The first-order chi connectivity index (χ1) is 8.91. The SMILES string of the molecule is C[C@H](CC/C=C/C(=O)O)[C@H](O)c1ccc(O)c(F)c1. The number of rotatable bonds is 6. The molecule has 1 aromatic carbocycles. The van der Waals surface area contributed by atoms with Crippen molar-refractivity contribution in [2.24, 2.45) is 5.92 Å². The Morgan fingerprint density at radius 1 is 1.47 bits per heavy atom. The van der Waals surface area contributed by atoms with Gasteiger partial charge in [-0.1, -0.05) is 19.1 Å². The van der Waals surface area contributed by atoms with Gasteiger partial charge >= 0.3 is 5.97 Å². The van der Waals surface area contributed by atoms with E-state index >= 15 is 0 Å². The monoisotopic (exact) mass is 268 g/mol. The third-order valence-electron chi connectivity index (χ3n) is 2.90. The van der Waals surface area contributed by atoms with Crippen LogP contribution in [0, 0.1) is 11.7 Å². The van der Waals surface area contributed by atoms with E-state index in [-0.39, 0.29) is 5.92 Å². The van der Waals surface area contributed by atoms with Gasteiger partial charge in [0.1, 0.15) is 0 Å². The highest BCUT2D eigenvalue weighted by Crippen LogP contribution is 2.28. The Morgan fingerprint density at radius 2 is 2.16 bits per heavy atom. The fourth-order valence-corrected chi connectivity index (χ4v) is 1.74. The van der Waals surface area contributed by atoms with Crippen LogP contribution in [0.15, 0.2) is 30.4 Å². The van der Waals surface area contributed by atoms with Gasteiger partial charge in [-0.3, -0.25) is 0 Å². The fourth-order valence-electron chi connectivity index (χ4n) is 1.74. The van der Waals surface area contributed by atoms with E-state index < -0.39 is 23.6 Å². The predicted octanol–water partition coefficient (Wildman–Crippen LogP) is 2.62. The number of aliphatic carboxylic acids is 1. The average molecular weight is 268 g/mol. The van der Waals surface area contributed by atoms with Crippen molar-refractivity contribution in [1.29, 1.82) is 0 Å². The van der Waals surface area contributed by atoms with Gasteiger partial charge in [0.25, 0.3) is 0 Å². The second kappa shape index (κ2) is 6.89. The van der Waals surface area contributed by atoms with Crippen LogP contribution in [0.5, 0.6) is 5.75 Å². The van der Waals surface area contributed by atoms with Crippen LogP contribution < -0.4 is 0 Å². The molecule has 4 nitrogen and oxygen atoms in total. The Bertz CT molecular complexity index is 471. The topological polar surface area (TPSA) is 77.8 Å². The summed E-state index contributed by atoms with van der Waals surface area (Å²) in [7, 11) is 0. The smallest absolute Gasteiger partial charge is 0.327 e. The maximum absolute atomic E-state index is 13.2. The molecule has 0 aliphatic heterocycles. The average Bonchev–Trinajstić information content (AvgIpc) is 2.36. The normalized spacial score (nSPS) is 14.5. The first kappa shape index (κ1) is 15.2. The van der Waals surface area contributed by atoms with Crippen molar-refractivity contribution in [2.75, 3.05) is 0 Å². The van der Waals surface area contributed by atoms with E-state index in [0.29, 0.717) is 18.4 Å². The molecule has 19 heavy (non-hydrogen) atoms. The van der Waals surface area contributed by atoms with Gasteiger partial charge in [0.15, 0.2) is 11.6 Å². The van der Waals surface area contributed by atoms with Crippen molar-refractivity contribution < 1.29 is 24.5 Å². The highest BCUT2D eigenvalue weighted by molar-refractivity contribution is 5.79. The molecule has 2 atom stereocenters. The third kappa shape index (κ3) is 4.71.